The summed E-state index contributed by atoms with van der Waals surface area (Å²) in [6.07, 6.45) is 2.35. The van der Waals surface area contributed by atoms with Crippen molar-refractivity contribution in [1.82, 2.24) is 0 Å². The molecule has 0 heterocycles. The zero-order chi connectivity index (χ0) is 11.1. The third kappa shape index (κ3) is 4.08. The summed E-state index contributed by atoms with van der Waals surface area (Å²) < 4.78 is 4.69. The molecule has 0 rings (SSSR count). The van der Waals surface area contributed by atoms with Crippen LogP contribution in [0.4, 0.5) is 0 Å². The van der Waals surface area contributed by atoms with Crippen molar-refractivity contribution in [2.75, 3.05) is 7.11 Å². The predicted octanol–water partition coefficient (Wildman–Crippen LogP) is 2.29. The Morgan fingerprint density at radius 3 is 2.50 bits per heavy atom. The molecule has 0 saturated heterocycles. The molecular weight excluding hydrogens is 178 g/mol. The molecule has 78 valence electrons. The predicted molar refractivity (Wildman–Crippen MR) is 54.3 cm³/mol. The molecule has 1 unspecified atom stereocenters. The van der Waals surface area contributed by atoms with Crippen LogP contribution < -0.4 is 0 Å². The second-order valence-corrected chi connectivity index (χ2v) is 3.61. The van der Waals surface area contributed by atoms with Crippen molar-refractivity contribution in [3.63, 3.8) is 0 Å². The van der Waals surface area contributed by atoms with Crippen LogP contribution in [-0.2, 0) is 9.53 Å². The monoisotopic (exact) mass is 195 g/mol. The molecule has 0 radical (unpaired) electrons. The summed E-state index contributed by atoms with van der Waals surface area (Å²) in [5, 5.41) is 8.55. The zero-order valence-electron chi connectivity index (χ0n) is 9.20. The van der Waals surface area contributed by atoms with Gasteiger partial charge in [0.15, 0.2) is 0 Å². The molecule has 0 spiro atoms. The highest BCUT2D eigenvalue weighted by atomic mass is 16.5. The number of allylic oxidation sites excluding steroid dienone is 2. The molecule has 0 aromatic carbocycles. The van der Waals surface area contributed by atoms with E-state index in [-0.39, 0.29) is 17.8 Å². The van der Waals surface area contributed by atoms with Crippen molar-refractivity contribution in [2.24, 2.45) is 11.8 Å². The highest BCUT2D eigenvalue weighted by Gasteiger charge is 2.21. The van der Waals surface area contributed by atoms with Crippen molar-refractivity contribution >= 4 is 5.97 Å². The second kappa shape index (κ2) is 6.20. The quantitative estimate of drug-likeness (QED) is 0.511. The summed E-state index contributed by atoms with van der Waals surface area (Å²) in [5.74, 6) is -0.129. The maximum atomic E-state index is 11.3. The van der Waals surface area contributed by atoms with E-state index in [0.717, 1.165) is 0 Å². The molecule has 3 nitrogen and oxygen atoms in total. The number of hydrogen-bond donors (Lipinski definition) is 0. The molecule has 0 fully saturated rings. The lowest BCUT2D eigenvalue weighted by Crippen LogP contribution is -2.21. The van der Waals surface area contributed by atoms with Gasteiger partial charge in [-0.2, -0.15) is 5.26 Å². The van der Waals surface area contributed by atoms with Gasteiger partial charge in [-0.05, 0) is 19.3 Å². The van der Waals surface area contributed by atoms with E-state index in [4.69, 9.17) is 5.26 Å². The molecule has 3 heteroatoms. The molecular formula is C11H17NO2. The molecule has 0 saturated carbocycles. The molecule has 0 bridgehead atoms. The molecule has 0 N–H and O–H groups in total. The van der Waals surface area contributed by atoms with Gasteiger partial charge in [0.05, 0.1) is 19.1 Å². The smallest absolute Gasteiger partial charge is 0.309 e. The Labute approximate surface area is 85.4 Å². The Kier molecular flexibility index (Phi) is 5.62. The first-order valence-electron chi connectivity index (χ1n) is 4.67. The first-order valence-corrected chi connectivity index (χ1v) is 4.67. The average Bonchev–Trinajstić information content (AvgIpc) is 2.16. The summed E-state index contributed by atoms with van der Waals surface area (Å²) in [5.41, 5.74) is 0.638. The Hall–Kier alpha value is -1.30. The maximum absolute atomic E-state index is 11.3. The van der Waals surface area contributed by atoms with Gasteiger partial charge in [0.25, 0.3) is 0 Å². The summed E-state index contributed by atoms with van der Waals surface area (Å²) in [6.45, 7) is 5.67. The van der Waals surface area contributed by atoms with Gasteiger partial charge in [0.2, 0.25) is 0 Å². The highest BCUT2D eigenvalue weighted by Crippen LogP contribution is 2.18. The van der Waals surface area contributed by atoms with Gasteiger partial charge in [-0.15, -0.1) is 0 Å². The fraction of sp³-hybridized carbons (Fsp3) is 0.636. The zero-order valence-corrected chi connectivity index (χ0v) is 9.20. The van der Waals surface area contributed by atoms with Crippen LogP contribution in [0.5, 0.6) is 0 Å². The SMILES string of the molecule is COC(=O)C(C/C=C(/C)C#N)C(C)C. The van der Waals surface area contributed by atoms with Gasteiger partial charge >= 0.3 is 5.97 Å². The van der Waals surface area contributed by atoms with E-state index in [1.54, 1.807) is 13.0 Å². The number of carbonyl (C=O) groups is 1. The number of esters is 1. The summed E-state index contributed by atoms with van der Waals surface area (Å²) >= 11 is 0. The topological polar surface area (TPSA) is 50.1 Å². The van der Waals surface area contributed by atoms with Crippen molar-refractivity contribution in [1.29, 1.82) is 5.26 Å². The van der Waals surface area contributed by atoms with E-state index in [9.17, 15) is 4.79 Å². The van der Waals surface area contributed by atoms with E-state index in [2.05, 4.69) is 4.74 Å². The lowest BCUT2D eigenvalue weighted by Gasteiger charge is -2.16. The molecule has 14 heavy (non-hydrogen) atoms. The molecule has 0 aliphatic rings. The van der Waals surface area contributed by atoms with Crippen molar-refractivity contribution in [3.8, 4) is 6.07 Å². The van der Waals surface area contributed by atoms with Crippen molar-refractivity contribution < 1.29 is 9.53 Å². The van der Waals surface area contributed by atoms with E-state index in [1.165, 1.54) is 7.11 Å². The van der Waals surface area contributed by atoms with E-state index >= 15 is 0 Å². The minimum atomic E-state index is -0.206. The minimum Gasteiger partial charge on any atom is -0.469 e. The lowest BCUT2D eigenvalue weighted by molar-refractivity contribution is -0.146. The third-order valence-corrected chi connectivity index (χ3v) is 2.16. The van der Waals surface area contributed by atoms with Crippen LogP contribution in [0.25, 0.3) is 0 Å². The van der Waals surface area contributed by atoms with Gasteiger partial charge in [0.1, 0.15) is 0 Å². The summed E-state index contributed by atoms with van der Waals surface area (Å²) in [7, 11) is 1.39. The Morgan fingerprint density at radius 2 is 2.14 bits per heavy atom. The summed E-state index contributed by atoms with van der Waals surface area (Å²) in [4.78, 5) is 11.3. The first kappa shape index (κ1) is 12.7. The van der Waals surface area contributed by atoms with E-state index < -0.39 is 0 Å². The standard InChI is InChI=1S/C11H17NO2/c1-8(2)10(11(13)14-4)6-5-9(3)7-12/h5,8,10H,6H2,1-4H3/b9-5-. The highest BCUT2D eigenvalue weighted by molar-refractivity contribution is 5.72. The number of nitriles is 1. The third-order valence-electron chi connectivity index (χ3n) is 2.16. The van der Waals surface area contributed by atoms with Gasteiger partial charge < -0.3 is 4.74 Å². The number of nitrogens with zero attached hydrogens (tertiary/aromatic N) is 1. The Balaban J connectivity index is 4.41. The van der Waals surface area contributed by atoms with E-state index in [1.807, 2.05) is 19.9 Å². The van der Waals surface area contributed by atoms with Crippen LogP contribution in [0, 0.1) is 23.2 Å². The van der Waals surface area contributed by atoms with Crippen LogP contribution in [0.15, 0.2) is 11.6 Å². The van der Waals surface area contributed by atoms with Gasteiger partial charge in [0, 0.05) is 5.57 Å². The van der Waals surface area contributed by atoms with Gasteiger partial charge in [-0.1, -0.05) is 19.9 Å². The number of methoxy groups -OCH3 is 1. The van der Waals surface area contributed by atoms with Crippen LogP contribution in [0.3, 0.4) is 0 Å². The Bertz CT molecular complexity index is 261. The van der Waals surface area contributed by atoms with Crippen molar-refractivity contribution in [2.45, 2.75) is 27.2 Å². The fourth-order valence-electron chi connectivity index (χ4n) is 1.14. The van der Waals surface area contributed by atoms with Crippen LogP contribution in [-0.4, -0.2) is 13.1 Å². The first-order chi connectivity index (χ1) is 6.52. The molecule has 0 amide bonds. The van der Waals surface area contributed by atoms with Crippen molar-refractivity contribution in [3.05, 3.63) is 11.6 Å². The minimum absolute atomic E-state index is 0.150. The normalized spacial score (nSPS) is 13.6. The number of ether oxygens (including phenoxy) is 1. The fourth-order valence-corrected chi connectivity index (χ4v) is 1.14. The number of carbonyl (C=O) groups excluding carboxylic acids is 1. The molecule has 0 aliphatic carbocycles. The lowest BCUT2D eigenvalue weighted by atomic mass is 9.92. The van der Waals surface area contributed by atoms with Gasteiger partial charge in [-0.3, -0.25) is 4.79 Å². The second-order valence-electron chi connectivity index (χ2n) is 3.61. The van der Waals surface area contributed by atoms with E-state index in [0.29, 0.717) is 12.0 Å². The largest absolute Gasteiger partial charge is 0.469 e. The van der Waals surface area contributed by atoms with Crippen LogP contribution >= 0.6 is 0 Å². The molecule has 0 aliphatic heterocycles. The average molecular weight is 195 g/mol. The molecule has 1 atom stereocenters. The number of hydrogen-bond acceptors (Lipinski definition) is 3. The van der Waals surface area contributed by atoms with Gasteiger partial charge in [-0.25, -0.2) is 0 Å². The van der Waals surface area contributed by atoms with Crippen LogP contribution in [0.1, 0.15) is 27.2 Å². The number of rotatable bonds is 4. The molecule has 0 aromatic rings. The Morgan fingerprint density at radius 1 is 1.57 bits per heavy atom. The maximum Gasteiger partial charge on any atom is 0.309 e. The molecule has 0 aromatic heterocycles. The summed E-state index contributed by atoms with van der Waals surface area (Å²) in [6, 6.07) is 2.03. The van der Waals surface area contributed by atoms with Crippen LogP contribution in [0.2, 0.25) is 0 Å².